The van der Waals surface area contributed by atoms with Gasteiger partial charge in [-0.2, -0.15) is 0 Å². The highest BCUT2D eigenvalue weighted by molar-refractivity contribution is 7.80. The lowest BCUT2D eigenvalue weighted by molar-refractivity contribution is 0.0755. The molecule has 1 heterocycles. The maximum atomic E-state index is 12.6. The lowest BCUT2D eigenvalue weighted by atomic mass is 10.1. The number of carbonyl (C=O) groups is 2. The highest BCUT2D eigenvalue weighted by Gasteiger charge is 2.14. The Morgan fingerprint density at radius 1 is 1.08 bits per heavy atom. The summed E-state index contributed by atoms with van der Waals surface area (Å²) in [5, 5.41) is 7.65. The number of thiophene rings is 1. The van der Waals surface area contributed by atoms with Crippen LogP contribution < -0.4 is 10.6 Å². The van der Waals surface area contributed by atoms with Crippen LogP contribution in [0, 0.1) is 0 Å². The number of nitrogens with one attached hydrogen (secondary N) is 2. The molecule has 1 aromatic heterocycles. The molecule has 0 aliphatic heterocycles. The molecule has 0 bridgehead atoms. The van der Waals surface area contributed by atoms with Gasteiger partial charge in [0.05, 0.1) is 4.88 Å². The van der Waals surface area contributed by atoms with E-state index in [1.165, 1.54) is 11.3 Å². The Balaban J connectivity index is 1.95. The van der Waals surface area contributed by atoms with Gasteiger partial charge in [0.15, 0.2) is 5.11 Å². The van der Waals surface area contributed by atoms with Gasteiger partial charge in [-0.25, -0.2) is 0 Å². The number of rotatable bonds is 7. The van der Waals surface area contributed by atoms with Gasteiger partial charge in [0.25, 0.3) is 11.8 Å². The fraction of sp³-hybridized carbons (Fsp3) is 0.316. The number of nitrogens with zero attached hydrogens (tertiary/aromatic N) is 1. The Morgan fingerprint density at radius 3 is 2.27 bits per heavy atom. The van der Waals surface area contributed by atoms with E-state index in [4.69, 9.17) is 12.2 Å². The molecular formula is C19H23N3O2S2. The highest BCUT2D eigenvalue weighted by atomic mass is 32.1. The van der Waals surface area contributed by atoms with E-state index in [0.29, 0.717) is 10.4 Å². The third-order valence-electron chi connectivity index (χ3n) is 3.64. The van der Waals surface area contributed by atoms with Gasteiger partial charge in [0.2, 0.25) is 0 Å². The summed E-state index contributed by atoms with van der Waals surface area (Å²) in [4.78, 5) is 27.0. The molecule has 1 aromatic carbocycles. The normalized spacial score (nSPS) is 10.2. The summed E-state index contributed by atoms with van der Waals surface area (Å²) >= 11 is 6.52. The Labute approximate surface area is 163 Å². The van der Waals surface area contributed by atoms with Crippen molar-refractivity contribution in [1.82, 2.24) is 10.2 Å². The minimum atomic E-state index is -0.237. The SMILES string of the molecule is CCCN(CCC)C(=O)c1ccc(NC(=S)NC(=O)c2cccs2)cc1. The van der Waals surface area contributed by atoms with Crippen molar-refractivity contribution >= 4 is 46.2 Å². The first-order valence-electron chi connectivity index (χ1n) is 8.60. The summed E-state index contributed by atoms with van der Waals surface area (Å²) in [7, 11) is 0. The molecule has 138 valence electrons. The molecule has 0 atom stereocenters. The first-order chi connectivity index (χ1) is 12.5. The number of hydrogen-bond donors (Lipinski definition) is 2. The molecule has 0 aliphatic carbocycles. The van der Waals surface area contributed by atoms with Crippen LogP contribution >= 0.6 is 23.6 Å². The van der Waals surface area contributed by atoms with Crippen molar-refractivity contribution in [2.24, 2.45) is 0 Å². The minimum Gasteiger partial charge on any atom is -0.339 e. The van der Waals surface area contributed by atoms with Crippen molar-refractivity contribution < 1.29 is 9.59 Å². The maximum Gasteiger partial charge on any atom is 0.267 e. The first-order valence-corrected chi connectivity index (χ1v) is 9.89. The van der Waals surface area contributed by atoms with E-state index in [9.17, 15) is 9.59 Å². The van der Waals surface area contributed by atoms with E-state index in [2.05, 4.69) is 24.5 Å². The quantitative estimate of drug-likeness (QED) is 0.699. The average Bonchev–Trinajstić information content (AvgIpc) is 3.16. The van der Waals surface area contributed by atoms with Crippen molar-refractivity contribution in [2.45, 2.75) is 26.7 Å². The largest absolute Gasteiger partial charge is 0.339 e. The Kier molecular flexibility index (Phi) is 7.74. The second kappa shape index (κ2) is 10.0. The molecular weight excluding hydrogens is 366 g/mol. The number of anilines is 1. The zero-order valence-corrected chi connectivity index (χ0v) is 16.6. The van der Waals surface area contributed by atoms with E-state index < -0.39 is 0 Å². The summed E-state index contributed by atoms with van der Waals surface area (Å²) in [6, 6.07) is 10.7. The van der Waals surface area contributed by atoms with Gasteiger partial charge in [0, 0.05) is 24.3 Å². The molecule has 2 rings (SSSR count). The third kappa shape index (κ3) is 5.64. The van der Waals surface area contributed by atoms with E-state index in [1.54, 1.807) is 30.3 Å². The van der Waals surface area contributed by atoms with Crippen molar-refractivity contribution in [1.29, 1.82) is 0 Å². The minimum absolute atomic E-state index is 0.0359. The van der Waals surface area contributed by atoms with Gasteiger partial charge >= 0.3 is 0 Å². The number of thiocarbonyl (C=S) groups is 1. The summed E-state index contributed by atoms with van der Waals surface area (Å²) in [6.07, 6.45) is 1.87. The molecule has 0 aliphatic rings. The van der Waals surface area contributed by atoms with Crippen LogP contribution in [-0.4, -0.2) is 34.9 Å². The van der Waals surface area contributed by atoms with Crippen LogP contribution in [0.3, 0.4) is 0 Å². The van der Waals surface area contributed by atoms with Crippen LogP contribution in [0.15, 0.2) is 41.8 Å². The zero-order valence-electron chi connectivity index (χ0n) is 15.0. The van der Waals surface area contributed by atoms with Crippen LogP contribution in [-0.2, 0) is 0 Å². The van der Waals surface area contributed by atoms with Crippen LogP contribution in [0.1, 0.15) is 46.7 Å². The molecule has 0 unspecified atom stereocenters. The van der Waals surface area contributed by atoms with Gasteiger partial charge in [-0.15, -0.1) is 11.3 Å². The molecule has 2 amide bonds. The summed E-state index contributed by atoms with van der Waals surface area (Å²) in [6.45, 7) is 5.64. The van der Waals surface area contributed by atoms with E-state index in [-0.39, 0.29) is 16.9 Å². The monoisotopic (exact) mass is 389 g/mol. The first kappa shape index (κ1) is 20.1. The van der Waals surface area contributed by atoms with Gasteiger partial charge in [-0.3, -0.25) is 14.9 Å². The van der Waals surface area contributed by atoms with Gasteiger partial charge in [0.1, 0.15) is 0 Å². The molecule has 0 spiro atoms. The Bertz CT molecular complexity index is 737. The van der Waals surface area contributed by atoms with E-state index in [0.717, 1.165) is 31.6 Å². The second-order valence-electron chi connectivity index (χ2n) is 5.76. The van der Waals surface area contributed by atoms with Gasteiger partial charge < -0.3 is 10.2 Å². The molecule has 0 fully saturated rings. The van der Waals surface area contributed by atoms with Gasteiger partial charge in [-0.05, 0) is 60.8 Å². The zero-order chi connectivity index (χ0) is 18.9. The number of benzene rings is 1. The molecule has 2 N–H and O–H groups in total. The maximum absolute atomic E-state index is 12.6. The molecule has 0 radical (unpaired) electrons. The van der Waals surface area contributed by atoms with E-state index >= 15 is 0 Å². The average molecular weight is 390 g/mol. The van der Waals surface area contributed by atoms with Crippen molar-refractivity contribution in [3.63, 3.8) is 0 Å². The predicted octanol–water partition coefficient (Wildman–Crippen LogP) is 4.14. The number of carbonyl (C=O) groups excluding carboxylic acids is 2. The molecule has 26 heavy (non-hydrogen) atoms. The Morgan fingerprint density at radius 2 is 1.73 bits per heavy atom. The van der Waals surface area contributed by atoms with Crippen LogP contribution in [0.2, 0.25) is 0 Å². The molecule has 0 saturated heterocycles. The lowest BCUT2D eigenvalue weighted by Gasteiger charge is -2.21. The predicted molar refractivity (Wildman–Crippen MR) is 111 cm³/mol. The smallest absolute Gasteiger partial charge is 0.267 e. The summed E-state index contributed by atoms with van der Waals surface area (Å²) in [5.74, 6) is -0.201. The fourth-order valence-corrected chi connectivity index (χ4v) is 3.30. The van der Waals surface area contributed by atoms with Crippen molar-refractivity contribution in [3.8, 4) is 0 Å². The standard InChI is InChI=1S/C19H23N3O2S2/c1-3-11-22(12-4-2)18(24)14-7-9-15(10-8-14)20-19(25)21-17(23)16-6-5-13-26-16/h5-10,13H,3-4,11-12H2,1-2H3,(H2,20,21,23,25). The molecule has 5 nitrogen and oxygen atoms in total. The lowest BCUT2D eigenvalue weighted by Crippen LogP contribution is -2.34. The topological polar surface area (TPSA) is 61.4 Å². The van der Waals surface area contributed by atoms with Gasteiger partial charge in [-0.1, -0.05) is 19.9 Å². The highest BCUT2D eigenvalue weighted by Crippen LogP contribution is 2.13. The second-order valence-corrected chi connectivity index (χ2v) is 7.11. The Hall–Kier alpha value is -2.25. The molecule has 0 saturated carbocycles. The third-order valence-corrected chi connectivity index (χ3v) is 4.71. The van der Waals surface area contributed by atoms with Crippen molar-refractivity contribution in [3.05, 3.63) is 52.2 Å². The number of hydrogen-bond acceptors (Lipinski definition) is 4. The van der Waals surface area contributed by atoms with Crippen LogP contribution in [0.5, 0.6) is 0 Å². The van der Waals surface area contributed by atoms with Crippen molar-refractivity contribution in [2.75, 3.05) is 18.4 Å². The molecule has 2 aromatic rings. The summed E-state index contributed by atoms with van der Waals surface area (Å²) in [5.41, 5.74) is 1.36. The van der Waals surface area contributed by atoms with Crippen LogP contribution in [0.25, 0.3) is 0 Å². The van der Waals surface area contributed by atoms with E-state index in [1.807, 2.05) is 16.3 Å². The summed E-state index contributed by atoms with van der Waals surface area (Å²) < 4.78 is 0. The molecule has 7 heteroatoms. The van der Waals surface area contributed by atoms with Crippen LogP contribution in [0.4, 0.5) is 5.69 Å². The fourth-order valence-electron chi connectivity index (χ4n) is 2.47. The number of amides is 2.